The highest BCUT2D eigenvalue weighted by molar-refractivity contribution is 6.35. The molecule has 13 heteroatoms. The lowest BCUT2D eigenvalue weighted by molar-refractivity contribution is 0.0450. The number of hydrogen-bond donors (Lipinski definition) is 1. The molecule has 0 fully saturated rings. The second kappa shape index (κ2) is 7.94. The molecule has 5 heterocycles. The lowest BCUT2D eigenvalue weighted by Gasteiger charge is -2.43. The summed E-state index contributed by atoms with van der Waals surface area (Å²) < 4.78 is 7.49. The van der Waals surface area contributed by atoms with Crippen molar-refractivity contribution in [2.45, 2.75) is 25.4 Å². The highest BCUT2D eigenvalue weighted by Gasteiger charge is 2.44. The number of nitrogens with zero attached hydrogens (tertiary/aromatic N) is 8. The summed E-state index contributed by atoms with van der Waals surface area (Å²) in [6.45, 7) is 4.41. The molecule has 0 saturated heterocycles. The Labute approximate surface area is 198 Å². The third kappa shape index (κ3) is 3.48. The quantitative estimate of drug-likeness (QED) is 0.440. The summed E-state index contributed by atoms with van der Waals surface area (Å²) in [7, 11) is 1.62. The Balaban J connectivity index is 1.52. The lowest BCUT2D eigenvalue weighted by atomic mass is 9.78. The van der Waals surface area contributed by atoms with Crippen LogP contribution in [0.25, 0.3) is 11.5 Å². The zero-order valence-corrected chi connectivity index (χ0v) is 19.4. The Morgan fingerprint density at radius 3 is 2.70 bits per heavy atom. The summed E-state index contributed by atoms with van der Waals surface area (Å²) in [4.78, 5) is 24.9. The number of nitrogens with one attached hydrogen (secondary N) is 1. The molecular weight excluding hydrogens is 469 g/mol. The summed E-state index contributed by atoms with van der Waals surface area (Å²) >= 11 is 12.7. The maximum Gasteiger partial charge on any atom is 0.326 e. The molecule has 0 spiro atoms. The van der Waals surface area contributed by atoms with Crippen molar-refractivity contribution in [3.05, 3.63) is 52.8 Å². The standard InChI is InChI=1S/C20H19Cl2N9O2/c1-20(2)14(33-3)10-29(13-9-23-15-4-5-24-30(15)16(13)20)19(32)27-12-8-11(21)18(28-17(12)22)31-25-6-7-26-31/h4-9,14H,10H2,1-3H3,(H,27,32)/t14-/m1/s1. The molecule has 0 aliphatic carbocycles. The molecule has 0 bridgehead atoms. The Morgan fingerprint density at radius 2 is 1.97 bits per heavy atom. The molecule has 1 aliphatic heterocycles. The number of carbonyl (C=O) groups excluding carboxylic acids is 1. The monoisotopic (exact) mass is 487 g/mol. The molecule has 11 nitrogen and oxygen atoms in total. The normalized spacial score (nSPS) is 17.2. The number of pyridine rings is 1. The minimum Gasteiger partial charge on any atom is -0.379 e. The third-order valence-corrected chi connectivity index (χ3v) is 6.31. The number of anilines is 2. The number of amides is 2. The van der Waals surface area contributed by atoms with Gasteiger partial charge in [-0.1, -0.05) is 37.0 Å². The maximum atomic E-state index is 13.4. The van der Waals surface area contributed by atoms with Gasteiger partial charge in [0.15, 0.2) is 16.6 Å². The highest BCUT2D eigenvalue weighted by atomic mass is 35.5. The van der Waals surface area contributed by atoms with Gasteiger partial charge < -0.3 is 10.1 Å². The molecular formula is C20H19Cl2N9O2. The lowest BCUT2D eigenvalue weighted by Crippen LogP contribution is -2.53. The van der Waals surface area contributed by atoms with Gasteiger partial charge in [-0.2, -0.15) is 15.3 Å². The molecule has 0 saturated carbocycles. The molecule has 0 radical (unpaired) electrons. The predicted octanol–water partition coefficient (Wildman–Crippen LogP) is 3.36. The molecule has 4 aromatic rings. The zero-order chi connectivity index (χ0) is 23.3. The van der Waals surface area contributed by atoms with Gasteiger partial charge in [0.2, 0.25) is 0 Å². The van der Waals surface area contributed by atoms with E-state index in [4.69, 9.17) is 27.9 Å². The van der Waals surface area contributed by atoms with Crippen LogP contribution in [0, 0.1) is 0 Å². The van der Waals surface area contributed by atoms with E-state index in [9.17, 15) is 4.79 Å². The van der Waals surface area contributed by atoms with Crippen molar-refractivity contribution in [2.24, 2.45) is 0 Å². The Hall–Kier alpha value is -3.28. The summed E-state index contributed by atoms with van der Waals surface area (Å²) in [5.41, 5.74) is 1.93. The molecule has 1 atom stereocenters. The number of ether oxygens (including phenoxy) is 1. The van der Waals surface area contributed by atoms with Gasteiger partial charge in [-0.25, -0.2) is 19.3 Å². The number of methoxy groups -OCH3 is 1. The first kappa shape index (κ1) is 21.6. The number of urea groups is 1. The van der Waals surface area contributed by atoms with Crippen molar-refractivity contribution in [3.63, 3.8) is 0 Å². The van der Waals surface area contributed by atoms with E-state index in [0.717, 1.165) is 5.69 Å². The third-order valence-electron chi connectivity index (χ3n) is 5.74. The van der Waals surface area contributed by atoms with Gasteiger partial charge >= 0.3 is 6.03 Å². The van der Waals surface area contributed by atoms with Gasteiger partial charge in [-0.3, -0.25) is 4.90 Å². The van der Waals surface area contributed by atoms with Crippen molar-refractivity contribution >= 4 is 46.3 Å². The summed E-state index contributed by atoms with van der Waals surface area (Å²) in [5, 5.41) is 15.5. The van der Waals surface area contributed by atoms with Gasteiger partial charge in [-0.05, 0) is 6.07 Å². The number of aromatic nitrogens is 7. The summed E-state index contributed by atoms with van der Waals surface area (Å²) in [5.74, 6) is 0.249. The number of fused-ring (bicyclic) bond motifs is 3. The molecule has 5 rings (SSSR count). The Morgan fingerprint density at radius 1 is 1.21 bits per heavy atom. The van der Waals surface area contributed by atoms with Gasteiger partial charge in [0, 0.05) is 18.6 Å². The van der Waals surface area contributed by atoms with Crippen LogP contribution in [0.4, 0.5) is 16.2 Å². The molecule has 170 valence electrons. The van der Waals surface area contributed by atoms with E-state index in [0.29, 0.717) is 17.9 Å². The summed E-state index contributed by atoms with van der Waals surface area (Å²) in [6.07, 6.45) is 6.03. The molecule has 0 unspecified atom stereocenters. The second-order valence-corrected chi connectivity index (χ2v) is 8.80. The van der Waals surface area contributed by atoms with Gasteiger partial charge in [0.05, 0.1) is 59.5 Å². The van der Waals surface area contributed by atoms with Crippen LogP contribution in [0.5, 0.6) is 0 Å². The molecule has 4 aromatic heterocycles. The van der Waals surface area contributed by atoms with Crippen molar-refractivity contribution in [3.8, 4) is 5.82 Å². The second-order valence-electron chi connectivity index (χ2n) is 8.03. The van der Waals surface area contributed by atoms with Crippen LogP contribution in [-0.2, 0) is 10.2 Å². The van der Waals surface area contributed by atoms with E-state index in [1.165, 1.54) is 23.3 Å². The highest BCUT2D eigenvalue weighted by Crippen LogP contribution is 2.41. The first-order valence-electron chi connectivity index (χ1n) is 9.98. The van der Waals surface area contributed by atoms with Crippen molar-refractivity contribution in [2.75, 3.05) is 23.9 Å². The average molecular weight is 488 g/mol. The fourth-order valence-corrected chi connectivity index (χ4v) is 4.47. The van der Waals surface area contributed by atoms with Gasteiger partial charge in [0.25, 0.3) is 0 Å². The van der Waals surface area contributed by atoms with E-state index in [1.807, 2.05) is 0 Å². The molecule has 2 amide bonds. The molecule has 1 N–H and O–H groups in total. The van der Waals surface area contributed by atoms with Crippen LogP contribution in [0.3, 0.4) is 0 Å². The first-order valence-corrected chi connectivity index (χ1v) is 10.7. The SMILES string of the molecule is CO[C@@H]1CN(C(=O)Nc2cc(Cl)c(-n3nccn3)nc2Cl)c2cnc3ccnn3c2C1(C)C. The van der Waals surface area contributed by atoms with Crippen LogP contribution >= 0.6 is 23.2 Å². The Kier molecular flexibility index (Phi) is 5.19. The minimum absolute atomic E-state index is 0.0431. The predicted molar refractivity (Wildman–Crippen MR) is 122 cm³/mol. The number of hydrogen-bond acceptors (Lipinski definition) is 7. The fourth-order valence-electron chi connectivity index (χ4n) is 4.06. The van der Waals surface area contributed by atoms with Crippen molar-refractivity contribution in [1.29, 1.82) is 0 Å². The van der Waals surface area contributed by atoms with Crippen LogP contribution < -0.4 is 10.2 Å². The zero-order valence-electron chi connectivity index (χ0n) is 17.9. The fraction of sp³-hybridized carbons (Fsp3) is 0.300. The van der Waals surface area contributed by atoms with E-state index < -0.39 is 11.4 Å². The smallest absolute Gasteiger partial charge is 0.326 e. The molecule has 0 aromatic carbocycles. The largest absolute Gasteiger partial charge is 0.379 e. The van der Waals surface area contributed by atoms with Crippen molar-refractivity contribution < 1.29 is 9.53 Å². The van der Waals surface area contributed by atoms with E-state index in [1.54, 1.807) is 35.0 Å². The number of rotatable bonds is 3. The van der Waals surface area contributed by atoms with E-state index in [2.05, 4.69) is 44.4 Å². The number of halogens is 2. The topological polar surface area (TPSA) is 115 Å². The van der Waals surface area contributed by atoms with E-state index >= 15 is 0 Å². The summed E-state index contributed by atoms with van der Waals surface area (Å²) in [6, 6.07) is 2.87. The average Bonchev–Trinajstić information content (AvgIpc) is 3.47. The van der Waals surface area contributed by atoms with Crippen LogP contribution in [0.2, 0.25) is 10.2 Å². The van der Waals surface area contributed by atoms with E-state index in [-0.39, 0.29) is 27.8 Å². The van der Waals surface area contributed by atoms with Gasteiger partial charge in [0.1, 0.15) is 0 Å². The number of carbonyl (C=O) groups is 1. The first-order chi connectivity index (χ1) is 15.8. The maximum absolute atomic E-state index is 13.4. The van der Waals surface area contributed by atoms with Gasteiger partial charge in [-0.15, -0.1) is 4.80 Å². The molecule has 1 aliphatic rings. The van der Waals surface area contributed by atoms with Crippen LogP contribution in [-0.4, -0.2) is 60.4 Å². The minimum atomic E-state index is -0.438. The van der Waals surface area contributed by atoms with Crippen LogP contribution in [0.15, 0.2) is 36.9 Å². The van der Waals surface area contributed by atoms with Crippen LogP contribution in [0.1, 0.15) is 19.5 Å². The Bertz CT molecular complexity index is 1350. The molecule has 33 heavy (non-hydrogen) atoms. The van der Waals surface area contributed by atoms with Crippen molar-refractivity contribution in [1.82, 2.24) is 34.6 Å².